The number of nitrogens with two attached hydrogens (primary N) is 1. The topological polar surface area (TPSA) is 57.4 Å². The summed E-state index contributed by atoms with van der Waals surface area (Å²) in [6.45, 7) is 8.10. The van der Waals surface area contributed by atoms with Gasteiger partial charge in [0, 0.05) is 18.3 Å². The molecular formula is C14H20BFN2O2. The van der Waals surface area contributed by atoms with Crippen LogP contribution in [-0.2, 0) is 9.31 Å². The summed E-state index contributed by atoms with van der Waals surface area (Å²) in [5, 5.41) is 0. The van der Waals surface area contributed by atoms with Crippen LogP contribution in [0.15, 0.2) is 23.9 Å². The molecule has 0 aromatic carbocycles. The largest absolute Gasteiger partial charge is 0.491 e. The molecule has 0 bridgehead atoms. The van der Waals surface area contributed by atoms with E-state index < -0.39 is 24.1 Å². The van der Waals surface area contributed by atoms with Crippen molar-refractivity contribution in [2.24, 2.45) is 5.73 Å². The molecule has 0 atom stereocenters. The van der Waals surface area contributed by atoms with E-state index in [1.165, 1.54) is 12.4 Å². The Hall–Kier alpha value is -1.24. The quantitative estimate of drug-likeness (QED) is 0.861. The summed E-state index contributed by atoms with van der Waals surface area (Å²) >= 11 is 0. The summed E-state index contributed by atoms with van der Waals surface area (Å²) in [6, 6.07) is 1.59. The third-order valence-electron chi connectivity index (χ3n) is 3.94. The standard InChI is InChI=1S/C14H20BFN2O2/c1-13(2)14(3,4)20-15(19-13)11(8-17)7-10-5-6-18-9-12(10)16/h5-7,9H,8,17H2,1-4H3. The Balaban J connectivity index is 2.29. The minimum Gasteiger partial charge on any atom is -0.400 e. The SMILES string of the molecule is CC1(C)OB(C(=Cc2ccncc2F)CN)OC1(C)C. The highest BCUT2D eigenvalue weighted by Crippen LogP contribution is 2.38. The molecule has 1 saturated heterocycles. The van der Waals surface area contributed by atoms with Crippen molar-refractivity contribution in [1.29, 1.82) is 0 Å². The average molecular weight is 278 g/mol. The summed E-state index contributed by atoms with van der Waals surface area (Å²) in [5.41, 5.74) is 6.01. The fourth-order valence-electron chi connectivity index (χ4n) is 1.92. The Morgan fingerprint density at radius 1 is 1.35 bits per heavy atom. The van der Waals surface area contributed by atoms with E-state index in [1.54, 1.807) is 12.1 Å². The third-order valence-corrected chi connectivity index (χ3v) is 3.94. The lowest BCUT2D eigenvalue weighted by molar-refractivity contribution is 0.00578. The Bertz CT molecular complexity index is 516. The number of rotatable bonds is 3. The van der Waals surface area contributed by atoms with E-state index in [9.17, 15) is 4.39 Å². The molecule has 0 spiro atoms. The lowest BCUT2D eigenvalue weighted by Gasteiger charge is -2.32. The van der Waals surface area contributed by atoms with Crippen LogP contribution in [0.1, 0.15) is 33.3 Å². The van der Waals surface area contributed by atoms with E-state index in [0.717, 1.165) is 0 Å². The lowest BCUT2D eigenvalue weighted by atomic mass is 9.77. The molecule has 6 heteroatoms. The van der Waals surface area contributed by atoms with Gasteiger partial charge in [-0.3, -0.25) is 4.98 Å². The van der Waals surface area contributed by atoms with Crippen LogP contribution in [0.25, 0.3) is 6.08 Å². The molecule has 1 aliphatic rings. The fourth-order valence-corrected chi connectivity index (χ4v) is 1.92. The van der Waals surface area contributed by atoms with Crippen LogP contribution in [0.4, 0.5) is 4.39 Å². The van der Waals surface area contributed by atoms with Crippen molar-refractivity contribution in [2.45, 2.75) is 38.9 Å². The van der Waals surface area contributed by atoms with Crippen LogP contribution < -0.4 is 5.73 Å². The molecule has 2 rings (SSSR count). The minimum atomic E-state index is -0.558. The van der Waals surface area contributed by atoms with Crippen molar-refractivity contribution in [3.8, 4) is 0 Å². The van der Waals surface area contributed by atoms with E-state index >= 15 is 0 Å². The predicted octanol–water partition coefficient (Wildman–Crippen LogP) is 2.19. The number of hydrogen-bond acceptors (Lipinski definition) is 4. The molecule has 0 aliphatic carbocycles. The van der Waals surface area contributed by atoms with Crippen LogP contribution in [0.5, 0.6) is 0 Å². The van der Waals surface area contributed by atoms with Crippen LogP contribution in [0.2, 0.25) is 0 Å². The highest BCUT2D eigenvalue weighted by molar-refractivity contribution is 6.55. The van der Waals surface area contributed by atoms with Crippen molar-refractivity contribution in [3.05, 3.63) is 35.3 Å². The highest BCUT2D eigenvalue weighted by atomic mass is 19.1. The van der Waals surface area contributed by atoms with Crippen molar-refractivity contribution in [1.82, 2.24) is 4.98 Å². The monoisotopic (exact) mass is 278 g/mol. The maximum absolute atomic E-state index is 13.6. The molecule has 0 amide bonds. The van der Waals surface area contributed by atoms with Gasteiger partial charge in [0.2, 0.25) is 0 Å². The van der Waals surface area contributed by atoms with Crippen molar-refractivity contribution >= 4 is 13.2 Å². The first kappa shape index (κ1) is 15.2. The van der Waals surface area contributed by atoms with E-state index in [1.807, 2.05) is 27.7 Å². The zero-order chi connectivity index (χ0) is 15.0. The Kier molecular flexibility index (Phi) is 4.00. The third kappa shape index (κ3) is 2.77. The van der Waals surface area contributed by atoms with Gasteiger partial charge in [-0.2, -0.15) is 0 Å². The molecule has 0 unspecified atom stereocenters. The highest BCUT2D eigenvalue weighted by Gasteiger charge is 2.52. The molecule has 0 saturated carbocycles. The number of hydrogen-bond donors (Lipinski definition) is 1. The normalized spacial score (nSPS) is 21.3. The number of nitrogens with zero attached hydrogens (tertiary/aromatic N) is 1. The van der Waals surface area contributed by atoms with E-state index in [2.05, 4.69) is 4.98 Å². The van der Waals surface area contributed by atoms with Gasteiger partial charge in [-0.15, -0.1) is 0 Å². The number of pyridine rings is 1. The molecule has 0 radical (unpaired) electrons. The van der Waals surface area contributed by atoms with Crippen LogP contribution in [0, 0.1) is 5.82 Å². The predicted molar refractivity (Wildman–Crippen MR) is 77.3 cm³/mol. The van der Waals surface area contributed by atoms with E-state index in [-0.39, 0.29) is 6.54 Å². The Labute approximate surface area is 119 Å². The average Bonchev–Trinajstić information content (AvgIpc) is 2.57. The van der Waals surface area contributed by atoms with Crippen molar-refractivity contribution in [2.75, 3.05) is 6.54 Å². The fraction of sp³-hybridized carbons (Fsp3) is 0.500. The smallest absolute Gasteiger partial charge is 0.400 e. The summed E-state index contributed by atoms with van der Waals surface area (Å²) < 4.78 is 25.5. The molecule has 108 valence electrons. The van der Waals surface area contributed by atoms with Crippen molar-refractivity contribution in [3.63, 3.8) is 0 Å². The molecule has 4 nitrogen and oxygen atoms in total. The summed E-state index contributed by atoms with van der Waals surface area (Å²) in [6.07, 6.45) is 4.37. The molecule has 20 heavy (non-hydrogen) atoms. The Morgan fingerprint density at radius 2 is 1.95 bits per heavy atom. The Morgan fingerprint density at radius 3 is 2.45 bits per heavy atom. The van der Waals surface area contributed by atoms with Gasteiger partial charge in [0.15, 0.2) is 0 Å². The second-order valence-corrected chi connectivity index (χ2v) is 5.91. The summed E-state index contributed by atoms with van der Waals surface area (Å²) in [4.78, 5) is 3.72. The zero-order valence-electron chi connectivity index (χ0n) is 12.3. The van der Waals surface area contributed by atoms with Gasteiger partial charge >= 0.3 is 7.12 Å². The second-order valence-electron chi connectivity index (χ2n) is 5.91. The molecule has 1 aromatic heterocycles. The lowest BCUT2D eigenvalue weighted by Crippen LogP contribution is -2.41. The second kappa shape index (κ2) is 5.28. The van der Waals surface area contributed by atoms with Crippen LogP contribution in [0.3, 0.4) is 0 Å². The number of aromatic nitrogens is 1. The molecule has 2 N–H and O–H groups in total. The van der Waals surface area contributed by atoms with Gasteiger partial charge in [0.05, 0.1) is 17.4 Å². The summed E-state index contributed by atoms with van der Waals surface area (Å²) in [5.74, 6) is -0.394. The van der Waals surface area contributed by atoms with Gasteiger partial charge in [-0.05, 0) is 39.2 Å². The first-order chi connectivity index (χ1) is 9.27. The van der Waals surface area contributed by atoms with Gasteiger partial charge in [0.1, 0.15) is 5.82 Å². The van der Waals surface area contributed by atoms with E-state index in [0.29, 0.717) is 11.0 Å². The minimum absolute atomic E-state index is 0.235. The first-order valence-corrected chi connectivity index (χ1v) is 6.62. The maximum atomic E-state index is 13.6. The molecule has 1 fully saturated rings. The molecule has 1 aromatic rings. The summed E-state index contributed by atoms with van der Waals surface area (Å²) in [7, 11) is -0.558. The van der Waals surface area contributed by atoms with Gasteiger partial charge in [-0.1, -0.05) is 6.08 Å². The molecular weight excluding hydrogens is 258 g/mol. The maximum Gasteiger partial charge on any atom is 0.491 e. The van der Waals surface area contributed by atoms with Crippen LogP contribution in [-0.4, -0.2) is 29.8 Å². The van der Waals surface area contributed by atoms with Crippen molar-refractivity contribution < 1.29 is 13.7 Å². The molecule has 1 aliphatic heterocycles. The van der Waals surface area contributed by atoms with Gasteiger partial charge in [0.25, 0.3) is 0 Å². The van der Waals surface area contributed by atoms with Gasteiger partial charge in [-0.25, -0.2) is 4.39 Å². The zero-order valence-corrected chi connectivity index (χ0v) is 12.3. The van der Waals surface area contributed by atoms with E-state index in [4.69, 9.17) is 15.0 Å². The van der Waals surface area contributed by atoms with Crippen LogP contribution >= 0.6 is 0 Å². The van der Waals surface area contributed by atoms with Gasteiger partial charge < -0.3 is 15.0 Å². The number of halogens is 1. The molecule has 2 heterocycles. The first-order valence-electron chi connectivity index (χ1n) is 6.62.